The van der Waals surface area contributed by atoms with E-state index in [4.69, 9.17) is 4.42 Å². The highest BCUT2D eigenvalue weighted by Crippen LogP contribution is 2.23. The second-order valence-corrected chi connectivity index (χ2v) is 10.8. The minimum absolute atomic E-state index is 0.222. The highest BCUT2D eigenvalue weighted by Gasteiger charge is 2.22. The van der Waals surface area contributed by atoms with Crippen molar-refractivity contribution in [3.63, 3.8) is 0 Å². The largest absolute Gasteiger partial charge is 0.441 e. The lowest BCUT2D eigenvalue weighted by Gasteiger charge is -2.33. The molecule has 0 aliphatic carbocycles. The number of hydrogen-bond donors (Lipinski definition) is 0. The molecule has 0 saturated carbocycles. The monoisotopic (exact) mass is 461 g/mol. The summed E-state index contributed by atoms with van der Waals surface area (Å²) in [5, 5.41) is 0. The Morgan fingerprint density at radius 1 is 1.03 bits per heavy atom. The number of rotatable bonds is 11. The molecule has 2 aromatic rings. The number of sulfone groups is 1. The number of likely N-dealkylation sites (N-methyl/N-ethyl adjacent to an activating group) is 1. The summed E-state index contributed by atoms with van der Waals surface area (Å²) < 4.78 is 30.8. The summed E-state index contributed by atoms with van der Waals surface area (Å²) in [7, 11) is -3.59. The second-order valence-electron chi connectivity index (χ2n) is 8.69. The molecule has 176 valence electrons. The number of carbonyl (C=O) groups excluding carboxylic acids is 1. The quantitative estimate of drug-likeness (QED) is 0.475. The summed E-state index contributed by atoms with van der Waals surface area (Å²) in [4.78, 5) is 21.5. The van der Waals surface area contributed by atoms with Gasteiger partial charge in [0.1, 0.15) is 17.3 Å². The number of aromatic nitrogens is 1. The van der Waals surface area contributed by atoms with E-state index >= 15 is 0 Å². The molecule has 0 unspecified atom stereocenters. The third-order valence-corrected chi connectivity index (χ3v) is 7.50. The van der Waals surface area contributed by atoms with E-state index in [1.54, 1.807) is 6.92 Å². The lowest BCUT2D eigenvalue weighted by atomic mass is 10.1. The molecule has 2 heterocycles. The summed E-state index contributed by atoms with van der Waals surface area (Å²) in [6.45, 7) is 12.3. The van der Waals surface area contributed by atoms with E-state index in [1.165, 1.54) is 0 Å². The molecule has 1 saturated heterocycles. The number of piperazine rings is 1. The molecule has 32 heavy (non-hydrogen) atoms. The van der Waals surface area contributed by atoms with Crippen LogP contribution in [0.4, 0.5) is 0 Å². The number of Topliss-reactive ketones (excluding diaryl/α,β-unsaturated/α-hetero) is 1. The van der Waals surface area contributed by atoms with Crippen molar-refractivity contribution in [2.75, 3.05) is 45.0 Å². The van der Waals surface area contributed by atoms with Crippen molar-refractivity contribution in [1.82, 2.24) is 14.8 Å². The van der Waals surface area contributed by atoms with Gasteiger partial charge in [-0.3, -0.25) is 4.79 Å². The van der Waals surface area contributed by atoms with E-state index in [1.807, 2.05) is 31.2 Å². The van der Waals surface area contributed by atoms with Crippen molar-refractivity contribution in [3.05, 3.63) is 41.3 Å². The van der Waals surface area contributed by atoms with E-state index in [0.29, 0.717) is 23.8 Å². The van der Waals surface area contributed by atoms with Gasteiger partial charge in [-0.15, -0.1) is 0 Å². The molecule has 1 aliphatic heterocycles. The number of carbonyl (C=O) groups is 1. The smallest absolute Gasteiger partial charge is 0.226 e. The molecule has 3 rings (SSSR count). The Morgan fingerprint density at radius 3 is 2.34 bits per heavy atom. The number of oxazole rings is 1. The molecule has 0 bridgehead atoms. The number of unbranched alkanes of at least 4 members (excludes halogenated alkanes) is 1. The molecule has 0 spiro atoms. The number of nitrogens with zero attached hydrogens (tertiary/aromatic N) is 3. The third-order valence-electron chi connectivity index (χ3n) is 6.02. The Kier molecular flexibility index (Phi) is 8.62. The van der Waals surface area contributed by atoms with E-state index in [-0.39, 0.29) is 11.5 Å². The van der Waals surface area contributed by atoms with E-state index in [9.17, 15) is 13.2 Å². The average molecular weight is 462 g/mol. The van der Waals surface area contributed by atoms with Crippen molar-refractivity contribution in [2.24, 2.45) is 0 Å². The Bertz CT molecular complexity index is 991. The standard InChI is InChI=1S/C24H35N3O4S/c1-4-26-13-15-27(16-14-26)12-6-5-7-22(28)17-32(29,30)18-23-20(3)31-24(25-23)21-10-8-19(2)9-11-21/h8-11H,4-7,12-18H2,1-3H3. The number of benzene rings is 1. The topological polar surface area (TPSA) is 83.7 Å². The SMILES string of the molecule is CCN1CCN(CCCCC(=O)CS(=O)(=O)Cc2nc(-c3ccc(C)cc3)oc2C)CC1. The van der Waals surface area contributed by atoms with Crippen LogP contribution >= 0.6 is 0 Å². The maximum Gasteiger partial charge on any atom is 0.226 e. The van der Waals surface area contributed by atoms with E-state index in [0.717, 1.165) is 63.2 Å². The van der Waals surface area contributed by atoms with Crippen LogP contribution < -0.4 is 0 Å². The molecule has 0 amide bonds. The van der Waals surface area contributed by atoms with Gasteiger partial charge in [-0.2, -0.15) is 0 Å². The van der Waals surface area contributed by atoms with E-state index < -0.39 is 15.6 Å². The summed E-state index contributed by atoms with van der Waals surface area (Å²) in [6.07, 6.45) is 1.95. The van der Waals surface area contributed by atoms with Crippen LogP contribution in [0.3, 0.4) is 0 Å². The highest BCUT2D eigenvalue weighted by atomic mass is 32.2. The third kappa shape index (κ3) is 7.25. The zero-order valence-corrected chi connectivity index (χ0v) is 20.3. The molecule has 0 atom stereocenters. The predicted octanol–water partition coefficient (Wildman–Crippen LogP) is 3.25. The Labute approximate surface area is 191 Å². The van der Waals surface area contributed by atoms with Gasteiger partial charge in [0.05, 0.1) is 11.4 Å². The Balaban J connectivity index is 1.44. The van der Waals surface area contributed by atoms with Crippen LogP contribution in [-0.2, 0) is 20.4 Å². The van der Waals surface area contributed by atoms with Gasteiger partial charge in [-0.25, -0.2) is 13.4 Å². The minimum atomic E-state index is -3.59. The van der Waals surface area contributed by atoms with Gasteiger partial charge in [0.15, 0.2) is 9.84 Å². The fourth-order valence-electron chi connectivity index (χ4n) is 3.95. The number of hydrogen-bond acceptors (Lipinski definition) is 7. The van der Waals surface area contributed by atoms with Crippen molar-refractivity contribution in [1.29, 1.82) is 0 Å². The summed E-state index contributed by atoms with van der Waals surface area (Å²) in [6, 6.07) is 7.70. The van der Waals surface area contributed by atoms with Gasteiger partial charge in [-0.1, -0.05) is 24.6 Å². The maximum atomic E-state index is 12.6. The normalized spacial score (nSPS) is 15.8. The fraction of sp³-hybridized carbons (Fsp3) is 0.583. The van der Waals surface area contributed by atoms with Gasteiger partial charge in [-0.05, 0) is 51.9 Å². The number of aryl methyl sites for hydroxylation is 2. The molecule has 1 aromatic heterocycles. The Hall–Kier alpha value is -2.03. The van der Waals surface area contributed by atoms with Crippen molar-refractivity contribution >= 4 is 15.6 Å². The Morgan fingerprint density at radius 2 is 1.69 bits per heavy atom. The van der Waals surface area contributed by atoms with Gasteiger partial charge < -0.3 is 14.2 Å². The molecule has 8 heteroatoms. The second kappa shape index (κ2) is 11.2. The summed E-state index contributed by atoms with van der Waals surface area (Å²) in [5.74, 6) is -0.0602. The zero-order chi connectivity index (χ0) is 23.1. The van der Waals surface area contributed by atoms with Crippen molar-refractivity contribution < 1.29 is 17.6 Å². The molecule has 0 N–H and O–H groups in total. The first kappa shape index (κ1) is 24.6. The fourth-order valence-corrected chi connectivity index (χ4v) is 5.37. The van der Waals surface area contributed by atoms with Crippen molar-refractivity contribution in [2.45, 2.75) is 45.8 Å². The molecule has 1 aliphatic rings. The minimum Gasteiger partial charge on any atom is -0.441 e. The van der Waals surface area contributed by atoms with Crippen LogP contribution in [0.15, 0.2) is 28.7 Å². The molecule has 1 aromatic carbocycles. The first-order valence-corrected chi connectivity index (χ1v) is 13.3. The number of ketones is 1. The first-order chi connectivity index (χ1) is 15.3. The van der Waals surface area contributed by atoms with Crippen LogP contribution in [0, 0.1) is 13.8 Å². The molecular weight excluding hydrogens is 426 g/mol. The maximum absolute atomic E-state index is 12.6. The van der Waals surface area contributed by atoms with Crippen molar-refractivity contribution in [3.8, 4) is 11.5 Å². The van der Waals surface area contributed by atoms with Crippen LogP contribution in [0.1, 0.15) is 43.2 Å². The van der Waals surface area contributed by atoms with Gasteiger partial charge in [0, 0.05) is 38.2 Å². The lowest BCUT2D eigenvalue weighted by molar-refractivity contribution is -0.116. The molecule has 0 radical (unpaired) electrons. The lowest BCUT2D eigenvalue weighted by Crippen LogP contribution is -2.46. The average Bonchev–Trinajstić information content (AvgIpc) is 3.11. The molecule has 1 fully saturated rings. The van der Waals surface area contributed by atoms with Crippen LogP contribution in [0.5, 0.6) is 0 Å². The van der Waals surface area contributed by atoms with Crippen LogP contribution in [0.2, 0.25) is 0 Å². The zero-order valence-electron chi connectivity index (χ0n) is 19.5. The van der Waals surface area contributed by atoms with Gasteiger partial charge in [0.2, 0.25) is 5.89 Å². The van der Waals surface area contributed by atoms with Gasteiger partial charge >= 0.3 is 0 Å². The summed E-state index contributed by atoms with van der Waals surface area (Å²) in [5.41, 5.74) is 2.30. The first-order valence-electron chi connectivity index (χ1n) is 11.5. The van der Waals surface area contributed by atoms with Crippen LogP contribution in [0.25, 0.3) is 11.5 Å². The summed E-state index contributed by atoms with van der Waals surface area (Å²) >= 11 is 0. The predicted molar refractivity (Wildman–Crippen MR) is 126 cm³/mol. The molecule has 7 nitrogen and oxygen atoms in total. The van der Waals surface area contributed by atoms with Crippen LogP contribution in [-0.4, -0.2) is 74.0 Å². The van der Waals surface area contributed by atoms with E-state index in [2.05, 4.69) is 21.7 Å². The highest BCUT2D eigenvalue weighted by molar-refractivity contribution is 7.91. The molecular formula is C24H35N3O4S. The van der Waals surface area contributed by atoms with Gasteiger partial charge in [0.25, 0.3) is 0 Å².